The van der Waals surface area contributed by atoms with Gasteiger partial charge in [0.15, 0.2) is 5.78 Å². The van der Waals surface area contributed by atoms with E-state index in [0.717, 1.165) is 16.7 Å². The molecule has 2 aromatic carbocycles. The molecule has 1 N–H and O–H groups in total. The van der Waals surface area contributed by atoms with Crippen LogP contribution >= 0.6 is 46.4 Å². The Balaban J connectivity index is 0.000000181. The topological polar surface area (TPSA) is 98.7 Å². The number of hydrogen-bond acceptors (Lipinski definition) is 6. The molecular weight excluding hydrogens is 666 g/mol. The average molecular weight is 694 g/mol. The van der Waals surface area contributed by atoms with E-state index in [1.165, 1.54) is 9.36 Å². The first kappa shape index (κ1) is 33.3. The number of hydrogen-bond donors (Lipinski definition) is 1. The number of aliphatic hydroxyl groups excluding tert-OH is 1. The van der Waals surface area contributed by atoms with E-state index in [0.29, 0.717) is 54.7 Å². The Kier molecular flexibility index (Phi) is 10.3. The van der Waals surface area contributed by atoms with Crippen molar-refractivity contribution in [3.63, 3.8) is 0 Å². The van der Waals surface area contributed by atoms with Crippen molar-refractivity contribution < 1.29 is 9.90 Å². The van der Waals surface area contributed by atoms with E-state index in [1.807, 2.05) is 44.2 Å². The number of carbonyl (C=O) groups is 1. The van der Waals surface area contributed by atoms with E-state index < -0.39 is 6.10 Å². The van der Waals surface area contributed by atoms with Gasteiger partial charge in [0.25, 0.3) is 0 Å². The Morgan fingerprint density at radius 1 is 0.717 bits per heavy atom. The van der Waals surface area contributed by atoms with Gasteiger partial charge in [-0.15, -0.1) is 0 Å². The molecule has 0 aliphatic heterocycles. The fraction of sp³-hybridized carbons (Fsp3) is 0.147. The molecule has 6 rings (SSSR count). The number of aliphatic hydroxyl groups is 1. The third-order valence-electron chi connectivity index (χ3n) is 7.26. The standard InChI is InChI=1S/C17H15Cl2N3O.C17H13Cl2N3O/c2*1-10-9-11(18)6-7-12(10)16(23)14-15(21-22(2)17(14)19)13-5-3-4-8-20-13/h3-9,16,23H,1-2H3;3-9H,1-2H3. The van der Waals surface area contributed by atoms with Crippen LogP contribution in [0.5, 0.6) is 0 Å². The molecule has 0 aliphatic rings. The number of aromatic nitrogens is 6. The van der Waals surface area contributed by atoms with E-state index in [2.05, 4.69) is 20.2 Å². The Morgan fingerprint density at radius 3 is 1.83 bits per heavy atom. The van der Waals surface area contributed by atoms with Gasteiger partial charge in [-0.05, 0) is 85.1 Å². The molecule has 1 atom stereocenters. The first-order valence-corrected chi connectivity index (χ1v) is 15.5. The lowest BCUT2D eigenvalue weighted by atomic mass is 9.97. The number of benzene rings is 2. The zero-order valence-corrected chi connectivity index (χ0v) is 28.2. The van der Waals surface area contributed by atoms with Gasteiger partial charge in [0, 0.05) is 42.1 Å². The lowest BCUT2D eigenvalue weighted by Gasteiger charge is -2.15. The minimum atomic E-state index is -0.912. The van der Waals surface area contributed by atoms with Gasteiger partial charge in [0.2, 0.25) is 0 Å². The van der Waals surface area contributed by atoms with E-state index >= 15 is 0 Å². The van der Waals surface area contributed by atoms with E-state index in [-0.39, 0.29) is 10.9 Å². The zero-order valence-electron chi connectivity index (χ0n) is 25.2. The number of nitrogens with zero attached hydrogens (tertiary/aromatic N) is 6. The van der Waals surface area contributed by atoms with Crippen LogP contribution in [0, 0.1) is 13.8 Å². The molecule has 6 aromatic rings. The second-order valence-corrected chi connectivity index (χ2v) is 12.0. The maximum Gasteiger partial charge on any atom is 0.198 e. The molecule has 4 heterocycles. The molecule has 8 nitrogen and oxygen atoms in total. The molecule has 0 bridgehead atoms. The normalized spacial score (nSPS) is 11.6. The number of aryl methyl sites for hydroxylation is 4. The molecule has 0 radical (unpaired) electrons. The predicted octanol–water partition coefficient (Wildman–Crippen LogP) is 8.51. The van der Waals surface area contributed by atoms with Crippen molar-refractivity contribution in [3.8, 4) is 22.8 Å². The maximum absolute atomic E-state index is 13.0. The highest BCUT2D eigenvalue weighted by Crippen LogP contribution is 2.37. The molecule has 0 amide bonds. The van der Waals surface area contributed by atoms with Crippen LogP contribution in [0.2, 0.25) is 20.4 Å². The van der Waals surface area contributed by atoms with Crippen molar-refractivity contribution in [1.29, 1.82) is 0 Å². The first-order valence-electron chi connectivity index (χ1n) is 14.0. The number of pyridine rings is 2. The summed E-state index contributed by atoms with van der Waals surface area (Å²) < 4.78 is 3.01. The minimum absolute atomic E-state index is 0.196. The molecule has 0 spiro atoms. The molecular formula is C34H28Cl4N6O2. The lowest BCUT2D eigenvalue weighted by molar-refractivity contribution is 0.103. The summed E-state index contributed by atoms with van der Waals surface area (Å²) in [6, 6.07) is 21.5. The Bertz CT molecular complexity index is 2030. The summed E-state index contributed by atoms with van der Waals surface area (Å²) in [6.45, 7) is 3.74. The third kappa shape index (κ3) is 6.87. The predicted molar refractivity (Wildman–Crippen MR) is 183 cm³/mol. The quantitative estimate of drug-likeness (QED) is 0.176. The summed E-state index contributed by atoms with van der Waals surface area (Å²) in [5.74, 6) is -0.196. The van der Waals surface area contributed by atoms with Gasteiger partial charge in [0.1, 0.15) is 27.8 Å². The SMILES string of the molecule is Cc1cc(Cl)ccc1C(=O)c1c(-c2ccccn2)nn(C)c1Cl.Cc1cc(Cl)ccc1C(O)c1c(-c2ccccn2)nn(C)c1Cl. The zero-order chi connectivity index (χ0) is 33.1. The highest BCUT2D eigenvalue weighted by Gasteiger charge is 2.27. The lowest BCUT2D eigenvalue weighted by Crippen LogP contribution is -2.05. The van der Waals surface area contributed by atoms with Crippen LogP contribution in [0.3, 0.4) is 0 Å². The number of halogens is 4. The average Bonchev–Trinajstić information content (AvgIpc) is 3.51. The summed E-state index contributed by atoms with van der Waals surface area (Å²) in [5.41, 5.74) is 6.14. The first-order chi connectivity index (χ1) is 22.0. The minimum Gasteiger partial charge on any atom is -0.383 e. The van der Waals surface area contributed by atoms with Crippen LogP contribution in [-0.4, -0.2) is 40.4 Å². The second kappa shape index (κ2) is 14.2. The molecule has 0 fully saturated rings. The van der Waals surface area contributed by atoms with E-state index in [9.17, 15) is 9.90 Å². The summed E-state index contributed by atoms with van der Waals surface area (Å²) in [6.07, 6.45) is 2.42. The number of ketones is 1. The maximum atomic E-state index is 13.0. The fourth-order valence-electron chi connectivity index (χ4n) is 4.96. The van der Waals surface area contributed by atoms with Crippen molar-refractivity contribution in [1.82, 2.24) is 29.5 Å². The summed E-state index contributed by atoms with van der Waals surface area (Å²) in [7, 11) is 3.43. The van der Waals surface area contributed by atoms with Gasteiger partial charge in [-0.1, -0.05) is 64.6 Å². The van der Waals surface area contributed by atoms with Gasteiger partial charge in [0.05, 0.1) is 22.5 Å². The Hall–Kier alpha value is -4.05. The van der Waals surface area contributed by atoms with Crippen LogP contribution < -0.4 is 0 Å². The third-order valence-corrected chi connectivity index (χ3v) is 8.62. The smallest absolute Gasteiger partial charge is 0.198 e. The molecule has 0 saturated carbocycles. The molecule has 0 saturated heterocycles. The van der Waals surface area contributed by atoms with Gasteiger partial charge in [-0.25, -0.2) is 0 Å². The molecule has 1 unspecified atom stereocenters. The highest BCUT2D eigenvalue weighted by atomic mass is 35.5. The number of carbonyl (C=O) groups excluding carboxylic acids is 1. The van der Waals surface area contributed by atoms with Crippen LogP contribution in [0.1, 0.15) is 44.3 Å². The molecule has 4 aromatic heterocycles. The van der Waals surface area contributed by atoms with Gasteiger partial charge in [-0.3, -0.25) is 24.1 Å². The van der Waals surface area contributed by atoms with Crippen molar-refractivity contribution in [3.05, 3.63) is 139 Å². The Labute approximate surface area is 286 Å². The summed E-state index contributed by atoms with van der Waals surface area (Å²) in [4.78, 5) is 21.6. The Morgan fingerprint density at radius 2 is 1.26 bits per heavy atom. The van der Waals surface area contributed by atoms with Crippen molar-refractivity contribution >= 4 is 52.2 Å². The summed E-state index contributed by atoms with van der Waals surface area (Å²) in [5, 5.41) is 21.5. The van der Waals surface area contributed by atoms with Gasteiger partial charge in [-0.2, -0.15) is 10.2 Å². The second-order valence-electron chi connectivity index (χ2n) is 10.4. The van der Waals surface area contributed by atoms with Crippen LogP contribution in [0.15, 0.2) is 85.2 Å². The monoisotopic (exact) mass is 692 g/mol. The number of rotatable bonds is 6. The van der Waals surface area contributed by atoms with E-state index in [1.54, 1.807) is 69.0 Å². The van der Waals surface area contributed by atoms with Crippen molar-refractivity contribution in [2.24, 2.45) is 14.1 Å². The van der Waals surface area contributed by atoms with Gasteiger partial charge < -0.3 is 5.11 Å². The van der Waals surface area contributed by atoms with Crippen molar-refractivity contribution in [2.75, 3.05) is 0 Å². The largest absolute Gasteiger partial charge is 0.383 e. The van der Waals surface area contributed by atoms with Crippen molar-refractivity contribution in [2.45, 2.75) is 20.0 Å². The highest BCUT2D eigenvalue weighted by molar-refractivity contribution is 6.35. The molecule has 46 heavy (non-hydrogen) atoms. The molecule has 0 aliphatic carbocycles. The molecule has 234 valence electrons. The molecule has 12 heteroatoms. The van der Waals surface area contributed by atoms with Crippen LogP contribution in [0.4, 0.5) is 0 Å². The van der Waals surface area contributed by atoms with E-state index in [4.69, 9.17) is 46.4 Å². The summed E-state index contributed by atoms with van der Waals surface area (Å²) >= 11 is 24.7. The fourth-order valence-corrected chi connectivity index (χ4v) is 5.86. The van der Waals surface area contributed by atoms with Crippen LogP contribution in [-0.2, 0) is 14.1 Å². The van der Waals surface area contributed by atoms with Gasteiger partial charge >= 0.3 is 0 Å². The van der Waals surface area contributed by atoms with Crippen LogP contribution in [0.25, 0.3) is 22.8 Å².